The van der Waals surface area contributed by atoms with Crippen LogP contribution in [0.15, 0.2) is 60.7 Å². The van der Waals surface area contributed by atoms with Crippen molar-refractivity contribution < 1.29 is 0 Å². The summed E-state index contributed by atoms with van der Waals surface area (Å²) in [6.07, 6.45) is 4.03. The molecule has 2 aromatic rings. The van der Waals surface area contributed by atoms with Crippen LogP contribution < -0.4 is 0 Å². The number of benzene rings is 2. The van der Waals surface area contributed by atoms with E-state index in [-0.39, 0.29) is 24.8 Å². The predicted molar refractivity (Wildman–Crippen MR) is 110 cm³/mol. The Hall–Kier alpha value is -1.06. The molecule has 0 saturated carbocycles. The molecule has 4 heteroatoms. The molecule has 0 amide bonds. The third-order valence-corrected chi connectivity index (χ3v) is 5.43. The monoisotopic (exact) mass is 378 g/mol. The van der Waals surface area contributed by atoms with Crippen molar-refractivity contribution in [2.45, 2.75) is 31.3 Å². The van der Waals surface area contributed by atoms with Crippen LogP contribution in [0.3, 0.4) is 0 Å². The molecule has 4 rings (SSSR count). The normalized spacial score (nSPS) is 21.1. The summed E-state index contributed by atoms with van der Waals surface area (Å²) in [6, 6.07) is 23.2. The van der Waals surface area contributed by atoms with Crippen molar-refractivity contribution in [2.24, 2.45) is 0 Å². The van der Waals surface area contributed by atoms with Crippen LogP contribution in [0.2, 0.25) is 0 Å². The van der Waals surface area contributed by atoms with Crippen molar-refractivity contribution in [3.63, 3.8) is 0 Å². The van der Waals surface area contributed by atoms with Gasteiger partial charge in [-0.25, -0.2) is 0 Å². The van der Waals surface area contributed by atoms with Gasteiger partial charge in [0, 0.05) is 19.1 Å². The van der Waals surface area contributed by atoms with Gasteiger partial charge in [0.05, 0.1) is 6.04 Å². The topological polar surface area (TPSA) is 6.48 Å². The standard InChI is InChI=1S/C21H26N2.2ClH/c1-3-9-18(10-4-1)21(19-11-5-2-6-12-19)23-16-8-15-22-14-7-13-20(22)17-23;;/h1-6,9-12,20-21H,7-8,13-17H2;2*1H. The first-order chi connectivity index (χ1) is 11.4. The third kappa shape index (κ3) is 4.57. The van der Waals surface area contributed by atoms with Crippen LogP contribution in [0.25, 0.3) is 0 Å². The summed E-state index contributed by atoms with van der Waals surface area (Å²) in [5.74, 6) is 0. The summed E-state index contributed by atoms with van der Waals surface area (Å²) in [5, 5.41) is 0. The van der Waals surface area contributed by atoms with Gasteiger partial charge in [0.15, 0.2) is 0 Å². The molecule has 2 fully saturated rings. The molecule has 1 unspecified atom stereocenters. The molecule has 136 valence electrons. The maximum absolute atomic E-state index is 2.72. The first-order valence-electron chi connectivity index (χ1n) is 9.00. The van der Waals surface area contributed by atoms with Gasteiger partial charge in [-0.05, 0) is 43.5 Å². The lowest BCUT2D eigenvalue weighted by molar-refractivity contribution is 0.192. The molecule has 2 saturated heterocycles. The molecule has 2 aliphatic heterocycles. The average molecular weight is 379 g/mol. The van der Waals surface area contributed by atoms with E-state index in [0.717, 1.165) is 6.04 Å². The zero-order valence-corrected chi connectivity index (χ0v) is 16.2. The molecule has 1 atom stereocenters. The Morgan fingerprint density at radius 2 is 1.28 bits per heavy atom. The van der Waals surface area contributed by atoms with Crippen molar-refractivity contribution in [3.8, 4) is 0 Å². The maximum Gasteiger partial charge on any atom is 0.0602 e. The zero-order chi connectivity index (χ0) is 15.5. The van der Waals surface area contributed by atoms with E-state index in [1.807, 2.05) is 0 Å². The van der Waals surface area contributed by atoms with Crippen molar-refractivity contribution in [2.75, 3.05) is 26.2 Å². The lowest BCUT2D eigenvalue weighted by Crippen LogP contribution is -2.38. The average Bonchev–Trinajstić information content (AvgIpc) is 2.95. The molecule has 0 N–H and O–H groups in total. The van der Waals surface area contributed by atoms with Gasteiger partial charge in [0.1, 0.15) is 0 Å². The highest BCUT2D eigenvalue weighted by Crippen LogP contribution is 2.32. The first-order valence-corrected chi connectivity index (χ1v) is 9.00. The summed E-state index contributed by atoms with van der Waals surface area (Å²) >= 11 is 0. The number of fused-ring (bicyclic) bond motifs is 1. The molecule has 2 nitrogen and oxygen atoms in total. The lowest BCUT2D eigenvalue weighted by Gasteiger charge is -2.33. The van der Waals surface area contributed by atoms with Gasteiger partial charge in [-0.2, -0.15) is 0 Å². The van der Waals surface area contributed by atoms with E-state index in [2.05, 4.69) is 70.5 Å². The van der Waals surface area contributed by atoms with E-state index in [0.29, 0.717) is 6.04 Å². The Kier molecular flexibility index (Phi) is 7.77. The van der Waals surface area contributed by atoms with Crippen LogP contribution in [0.5, 0.6) is 0 Å². The second kappa shape index (κ2) is 9.59. The second-order valence-electron chi connectivity index (χ2n) is 6.90. The number of halogens is 2. The minimum atomic E-state index is 0. The molecule has 0 radical (unpaired) electrons. The Bertz CT molecular complexity index is 581. The highest BCUT2D eigenvalue weighted by atomic mass is 35.5. The van der Waals surface area contributed by atoms with Gasteiger partial charge < -0.3 is 0 Å². The van der Waals surface area contributed by atoms with E-state index in [4.69, 9.17) is 0 Å². The number of hydrogen-bond donors (Lipinski definition) is 0. The van der Waals surface area contributed by atoms with E-state index < -0.39 is 0 Å². The molecule has 2 heterocycles. The van der Waals surface area contributed by atoms with Gasteiger partial charge in [-0.1, -0.05) is 60.7 Å². The molecule has 0 aliphatic carbocycles. The molecular weight excluding hydrogens is 351 g/mol. The van der Waals surface area contributed by atoms with Gasteiger partial charge in [0.2, 0.25) is 0 Å². The number of hydrogen-bond acceptors (Lipinski definition) is 2. The first kappa shape index (κ1) is 20.3. The fourth-order valence-corrected chi connectivity index (χ4v) is 4.35. The van der Waals surface area contributed by atoms with E-state index in [9.17, 15) is 0 Å². The van der Waals surface area contributed by atoms with E-state index >= 15 is 0 Å². The number of rotatable bonds is 3. The van der Waals surface area contributed by atoms with E-state index in [1.54, 1.807) is 0 Å². The predicted octanol–water partition coefficient (Wildman–Crippen LogP) is 4.79. The number of nitrogens with zero attached hydrogens (tertiary/aromatic N) is 2. The van der Waals surface area contributed by atoms with Gasteiger partial charge in [0.25, 0.3) is 0 Å². The summed E-state index contributed by atoms with van der Waals surface area (Å²) in [6.45, 7) is 4.98. The minimum Gasteiger partial charge on any atom is -0.299 e. The molecule has 0 aromatic heterocycles. The Morgan fingerprint density at radius 1 is 0.720 bits per heavy atom. The largest absolute Gasteiger partial charge is 0.299 e. The second-order valence-corrected chi connectivity index (χ2v) is 6.90. The highest BCUT2D eigenvalue weighted by molar-refractivity contribution is 5.85. The molecule has 25 heavy (non-hydrogen) atoms. The highest BCUT2D eigenvalue weighted by Gasteiger charge is 2.32. The summed E-state index contributed by atoms with van der Waals surface area (Å²) in [7, 11) is 0. The maximum atomic E-state index is 2.72. The van der Waals surface area contributed by atoms with Crippen molar-refractivity contribution >= 4 is 24.8 Å². The molecule has 0 bridgehead atoms. The van der Waals surface area contributed by atoms with Crippen LogP contribution in [0, 0.1) is 0 Å². The molecule has 2 aromatic carbocycles. The summed E-state index contributed by atoms with van der Waals surface area (Å²) in [5.41, 5.74) is 2.84. The van der Waals surface area contributed by atoms with Gasteiger partial charge in [-0.15, -0.1) is 24.8 Å². The molecule has 0 spiro atoms. The zero-order valence-electron chi connectivity index (χ0n) is 14.6. The third-order valence-electron chi connectivity index (χ3n) is 5.43. The minimum absolute atomic E-state index is 0. The fourth-order valence-electron chi connectivity index (χ4n) is 4.35. The van der Waals surface area contributed by atoms with Crippen LogP contribution in [-0.2, 0) is 0 Å². The smallest absolute Gasteiger partial charge is 0.0602 e. The molecule has 2 aliphatic rings. The summed E-state index contributed by atoms with van der Waals surface area (Å²) < 4.78 is 0. The Balaban J connectivity index is 0.00000113. The Morgan fingerprint density at radius 3 is 1.88 bits per heavy atom. The SMILES string of the molecule is Cl.Cl.c1ccc(C(c2ccccc2)N2CCCN3CCCC3C2)cc1. The Labute approximate surface area is 164 Å². The lowest BCUT2D eigenvalue weighted by atomic mass is 9.96. The van der Waals surface area contributed by atoms with Crippen LogP contribution in [-0.4, -0.2) is 42.0 Å². The van der Waals surface area contributed by atoms with Crippen LogP contribution >= 0.6 is 24.8 Å². The summed E-state index contributed by atoms with van der Waals surface area (Å²) in [4.78, 5) is 5.44. The van der Waals surface area contributed by atoms with Crippen molar-refractivity contribution in [3.05, 3.63) is 71.8 Å². The van der Waals surface area contributed by atoms with Crippen molar-refractivity contribution in [1.82, 2.24) is 9.80 Å². The van der Waals surface area contributed by atoms with Crippen LogP contribution in [0.4, 0.5) is 0 Å². The fraction of sp³-hybridized carbons (Fsp3) is 0.429. The van der Waals surface area contributed by atoms with Gasteiger partial charge >= 0.3 is 0 Å². The van der Waals surface area contributed by atoms with E-state index in [1.165, 1.54) is 56.6 Å². The molecular formula is C21H28Cl2N2. The van der Waals surface area contributed by atoms with Crippen molar-refractivity contribution in [1.29, 1.82) is 0 Å². The van der Waals surface area contributed by atoms with Crippen LogP contribution in [0.1, 0.15) is 36.4 Å². The van der Waals surface area contributed by atoms with Gasteiger partial charge in [-0.3, -0.25) is 9.80 Å². The quantitative estimate of drug-likeness (QED) is 0.757.